The molecule has 0 unspecified atom stereocenters. The number of alkyl halides is 1. The molecule has 4 aromatic rings. The maximum absolute atomic E-state index is 15.5. The van der Waals surface area contributed by atoms with Gasteiger partial charge in [0, 0.05) is 42.6 Å². The number of carbonyl (C=O) groups excluding carboxylic acids is 1. The molecule has 0 radical (unpaired) electrons. The van der Waals surface area contributed by atoms with Gasteiger partial charge in [-0.15, -0.1) is 0 Å². The Bertz CT molecular complexity index is 1790. The van der Waals surface area contributed by atoms with E-state index < -0.39 is 5.67 Å². The van der Waals surface area contributed by atoms with Gasteiger partial charge in [-0.1, -0.05) is 120 Å². The van der Waals surface area contributed by atoms with Crippen LogP contribution in [-0.2, 0) is 25.1 Å². The highest BCUT2D eigenvalue weighted by molar-refractivity contribution is 5.97. The molecule has 0 saturated heterocycles. The van der Waals surface area contributed by atoms with E-state index in [1.807, 2.05) is 27.5 Å². The number of ketones is 1. The zero-order chi connectivity index (χ0) is 35.5. The summed E-state index contributed by atoms with van der Waals surface area (Å²) in [6, 6.07) is 6.23. The first kappa shape index (κ1) is 37.4. The summed E-state index contributed by atoms with van der Waals surface area (Å²) < 4.78 is 19.3. The summed E-state index contributed by atoms with van der Waals surface area (Å²) >= 11 is 0. The van der Waals surface area contributed by atoms with Crippen LogP contribution in [0.3, 0.4) is 0 Å². The number of benzene rings is 1. The van der Waals surface area contributed by atoms with E-state index in [-0.39, 0.29) is 5.78 Å². The molecule has 0 spiro atoms. The number of imidazole rings is 1. The molecule has 1 aliphatic carbocycles. The van der Waals surface area contributed by atoms with Crippen molar-refractivity contribution >= 4 is 11.4 Å². The van der Waals surface area contributed by atoms with Gasteiger partial charge in [-0.3, -0.25) is 18.9 Å². The monoisotopic (exact) mass is 679 g/mol. The third-order valence-electron chi connectivity index (χ3n) is 10.0. The first-order valence-electron chi connectivity index (χ1n) is 19.3. The lowest BCUT2D eigenvalue weighted by Gasteiger charge is -2.13. The van der Waals surface area contributed by atoms with Gasteiger partial charge in [0.2, 0.25) is 0 Å². The fourth-order valence-corrected chi connectivity index (χ4v) is 7.23. The van der Waals surface area contributed by atoms with Crippen LogP contribution in [0.25, 0.3) is 16.9 Å². The number of rotatable bonds is 21. The molecule has 1 aliphatic rings. The average Bonchev–Trinajstić information content (AvgIpc) is 3.83. The largest absolute Gasteiger partial charge is 0.296 e. The first-order chi connectivity index (χ1) is 24.2. The second-order valence-electron chi connectivity index (χ2n) is 14.8. The Morgan fingerprint density at radius 3 is 2.28 bits per heavy atom. The minimum absolute atomic E-state index is 0.251. The fraction of sp³-hybridized carbons (Fsp3) is 0.535. The molecule has 6 nitrogen and oxygen atoms in total. The van der Waals surface area contributed by atoms with Crippen molar-refractivity contribution < 1.29 is 9.18 Å². The molecule has 0 atom stereocenters. The lowest BCUT2D eigenvalue weighted by molar-refractivity contribution is 0.0978. The number of aryl methyl sites for hydroxylation is 1. The number of nitrogens with zero attached hydrogens (tertiary/aromatic N) is 5. The molecule has 0 bridgehead atoms. The third kappa shape index (κ3) is 9.88. The molecule has 1 aromatic carbocycles. The summed E-state index contributed by atoms with van der Waals surface area (Å²) in [4.78, 5) is 22.7. The summed E-state index contributed by atoms with van der Waals surface area (Å²) in [7, 11) is 0. The predicted molar refractivity (Wildman–Crippen MR) is 203 cm³/mol. The minimum Gasteiger partial charge on any atom is -0.296 e. The fourth-order valence-electron chi connectivity index (χ4n) is 7.23. The van der Waals surface area contributed by atoms with Crippen LogP contribution in [0.2, 0.25) is 0 Å². The number of carbonyl (C=O) groups is 1. The van der Waals surface area contributed by atoms with Gasteiger partial charge in [0.15, 0.2) is 11.4 Å². The van der Waals surface area contributed by atoms with E-state index >= 15 is 4.39 Å². The van der Waals surface area contributed by atoms with Gasteiger partial charge in [0.25, 0.3) is 0 Å². The molecule has 0 aliphatic heterocycles. The quantitative estimate of drug-likeness (QED) is 0.0649. The highest BCUT2D eigenvalue weighted by Gasteiger charge is 2.29. The number of aromatic nitrogens is 5. The molecule has 50 heavy (non-hydrogen) atoms. The van der Waals surface area contributed by atoms with Crippen molar-refractivity contribution in [1.82, 2.24) is 24.1 Å². The van der Waals surface area contributed by atoms with Crippen molar-refractivity contribution in [1.29, 1.82) is 0 Å². The Morgan fingerprint density at radius 1 is 0.940 bits per heavy atom. The number of allylic oxidation sites excluding steroid dienone is 4. The van der Waals surface area contributed by atoms with E-state index in [1.54, 1.807) is 26.2 Å². The van der Waals surface area contributed by atoms with E-state index in [1.165, 1.54) is 75.4 Å². The highest BCUT2D eigenvalue weighted by atomic mass is 19.1. The highest BCUT2D eigenvalue weighted by Crippen LogP contribution is 2.34. The Morgan fingerprint density at radius 2 is 1.64 bits per heavy atom. The molecule has 0 fully saturated rings. The van der Waals surface area contributed by atoms with Crippen LogP contribution >= 0.6 is 0 Å². The van der Waals surface area contributed by atoms with Crippen molar-refractivity contribution in [3.05, 3.63) is 94.4 Å². The molecule has 0 N–H and O–H groups in total. The van der Waals surface area contributed by atoms with E-state index in [9.17, 15) is 4.79 Å². The predicted octanol–water partition coefficient (Wildman–Crippen LogP) is 11.5. The zero-order valence-electron chi connectivity index (χ0n) is 31.2. The van der Waals surface area contributed by atoms with Gasteiger partial charge >= 0.3 is 0 Å². The lowest BCUT2D eigenvalue weighted by atomic mass is 9.94. The summed E-state index contributed by atoms with van der Waals surface area (Å²) in [6.45, 7) is 10.2. The Hall–Kier alpha value is -3.87. The van der Waals surface area contributed by atoms with E-state index in [2.05, 4.69) is 45.1 Å². The first-order valence-corrected chi connectivity index (χ1v) is 19.3. The van der Waals surface area contributed by atoms with Crippen LogP contribution < -0.4 is 0 Å². The normalized spacial score (nSPS) is 13.3. The Labute approximate surface area is 299 Å². The van der Waals surface area contributed by atoms with E-state index in [0.717, 1.165) is 65.0 Å². The third-order valence-corrected chi connectivity index (χ3v) is 10.0. The summed E-state index contributed by atoms with van der Waals surface area (Å²) in [6.07, 6.45) is 30.2. The van der Waals surface area contributed by atoms with Gasteiger partial charge in [0.1, 0.15) is 11.4 Å². The van der Waals surface area contributed by atoms with Gasteiger partial charge in [-0.05, 0) is 56.7 Å². The van der Waals surface area contributed by atoms with Gasteiger partial charge in [-0.2, -0.15) is 5.10 Å². The topological polar surface area (TPSA) is 65.1 Å². The lowest BCUT2D eigenvalue weighted by Crippen LogP contribution is -2.13. The van der Waals surface area contributed by atoms with Gasteiger partial charge in [-0.25, -0.2) is 9.37 Å². The summed E-state index contributed by atoms with van der Waals surface area (Å²) in [5, 5.41) is 4.70. The van der Waals surface area contributed by atoms with Crippen molar-refractivity contribution in [2.24, 2.45) is 0 Å². The number of unbranched alkanes of at least 4 members (excludes halogenated alkanes) is 11. The second kappa shape index (κ2) is 17.9. The molecule has 0 amide bonds. The molecule has 3 aromatic heterocycles. The second-order valence-corrected chi connectivity index (χ2v) is 14.8. The van der Waals surface area contributed by atoms with Crippen LogP contribution in [0, 0.1) is 0 Å². The Balaban J connectivity index is 1.20. The van der Waals surface area contributed by atoms with E-state index in [0.29, 0.717) is 25.1 Å². The molecule has 5 rings (SSSR count). The minimum atomic E-state index is -1.63. The van der Waals surface area contributed by atoms with Gasteiger partial charge < -0.3 is 0 Å². The SMILES string of the molecule is CCCCCCCCCCCCCCC(=O)c1ccc(Cc2nccn3c(-c4cn(CC5=CCC(C)=C5)nc4C(C)(C)F)cnc23)cc1CC. The number of halogens is 1. The molecule has 0 saturated carbocycles. The standard InChI is InChI=1S/C43H58FN5O/c1-6-8-9-10-11-12-13-14-15-16-17-18-19-40(50)36-23-22-33(27-35(36)7-2)28-38-42-46-29-39(49(42)25-24-45-38)37-31-48(47-41(37)43(4,5)44)30-34-21-20-32(3)26-34/h21-27,29,31H,6-20,28,30H2,1-5H3. The molecular formula is C43H58FN5O. The van der Waals surface area contributed by atoms with Crippen molar-refractivity contribution in [2.75, 3.05) is 0 Å². The van der Waals surface area contributed by atoms with Crippen molar-refractivity contribution in [3.8, 4) is 11.3 Å². The molecule has 268 valence electrons. The maximum Gasteiger partial charge on any atom is 0.163 e. The van der Waals surface area contributed by atoms with Crippen LogP contribution in [0.15, 0.2) is 66.3 Å². The van der Waals surface area contributed by atoms with Crippen LogP contribution in [0.5, 0.6) is 0 Å². The molecular weight excluding hydrogens is 622 g/mol. The number of Topliss-reactive ketones (excluding diaryl/α,β-unsaturated/α-hetero) is 1. The van der Waals surface area contributed by atoms with Crippen LogP contribution in [-0.4, -0.2) is 29.9 Å². The summed E-state index contributed by atoms with van der Waals surface area (Å²) in [5.74, 6) is 0.251. The average molecular weight is 680 g/mol. The smallest absolute Gasteiger partial charge is 0.163 e. The number of hydrogen-bond acceptors (Lipinski definition) is 4. The van der Waals surface area contributed by atoms with E-state index in [4.69, 9.17) is 15.1 Å². The number of hydrogen-bond donors (Lipinski definition) is 0. The number of fused-ring (bicyclic) bond motifs is 1. The van der Waals surface area contributed by atoms with Crippen molar-refractivity contribution in [3.63, 3.8) is 0 Å². The van der Waals surface area contributed by atoms with Crippen LogP contribution in [0.4, 0.5) is 4.39 Å². The molecule has 7 heteroatoms. The molecule has 3 heterocycles. The summed E-state index contributed by atoms with van der Waals surface area (Å²) in [5.41, 5.74) is 7.41. The van der Waals surface area contributed by atoms with Gasteiger partial charge in [0.05, 0.1) is 24.1 Å². The van der Waals surface area contributed by atoms with Crippen LogP contribution in [0.1, 0.15) is 157 Å². The Kier molecular flexibility index (Phi) is 13.4. The maximum atomic E-state index is 15.5. The zero-order valence-corrected chi connectivity index (χ0v) is 31.2. The van der Waals surface area contributed by atoms with Crippen molar-refractivity contribution in [2.45, 2.75) is 150 Å².